The molecule has 0 aliphatic heterocycles. The number of rotatable bonds is 13. The van der Waals surface area contributed by atoms with Crippen LogP contribution >= 0.6 is 0 Å². The Bertz CT molecular complexity index is 682. The van der Waals surface area contributed by atoms with Crippen LogP contribution in [-0.4, -0.2) is 27.4 Å². The van der Waals surface area contributed by atoms with Crippen molar-refractivity contribution in [3.05, 3.63) is 84.4 Å². The summed E-state index contributed by atoms with van der Waals surface area (Å²) in [4.78, 5) is 0. The van der Waals surface area contributed by atoms with E-state index in [4.69, 9.17) is 14.2 Å². The lowest BCUT2D eigenvalue weighted by Crippen LogP contribution is -2.05. The summed E-state index contributed by atoms with van der Waals surface area (Å²) in [6, 6.07) is 0. The van der Waals surface area contributed by atoms with Crippen LogP contribution in [0.25, 0.3) is 0 Å². The van der Waals surface area contributed by atoms with E-state index in [0.717, 1.165) is 6.08 Å². The molecule has 0 heterocycles. The zero-order valence-electron chi connectivity index (χ0n) is 17.6. The summed E-state index contributed by atoms with van der Waals surface area (Å²) in [5.74, 6) is -1.04. The highest BCUT2D eigenvalue weighted by atomic mass is 19.1. The molecule has 3 nitrogen and oxygen atoms in total. The zero-order valence-corrected chi connectivity index (χ0v) is 17.6. The average molecular weight is 395 g/mol. The minimum atomic E-state index is -0.658. The molecule has 0 aromatic heterocycles. The lowest BCUT2D eigenvalue weighted by molar-refractivity contribution is 0.102. The van der Waals surface area contributed by atoms with Crippen LogP contribution in [-0.2, 0) is 14.2 Å². The van der Waals surface area contributed by atoms with Crippen molar-refractivity contribution in [2.45, 2.75) is 20.8 Å². The molecule has 0 aromatic rings. The van der Waals surface area contributed by atoms with E-state index in [1.165, 1.54) is 19.3 Å². The van der Waals surface area contributed by atoms with Gasteiger partial charge in [-0.3, -0.25) is 0 Å². The molecule has 0 bridgehead atoms. The second kappa shape index (κ2) is 12.9. The zero-order chi connectivity index (χ0) is 21.9. The lowest BCUT2D eigenvalue weighted by atomic mass is 9.97. The third-order valence-electron chi connectivity index (χ3n) is 3.82. The fraction of sp³-hybridized carbons (Fsp3) is 0.391. The third-order valence-corrected chi connectivity index (χ3v) is 3.82. The minimum Gasteiger partial charge on any atom is -0.493 e. The predicted molar refractivity (Wildman–Crippen MR) is 112 cm³/mol. The summed E-state index contributed by atoms with van der Waals surface area (Å²) in [5, 5.41) is 0. The van der Waals surface area contributed by atoms with E-state index in [-0.39, 0.29) is 41.0 Å². The van der Waals surface area contributed by atoms with Crippen molar-refractivity contribution >= 4 is 0 Å². The van der Waals surface area contributed by atoms with E-state index in [2.05, 4.69) is 26.3 Å². The molecular weight excluding hydrogens is 362 g/mol. The van der Waals surface area contributed by atoms with Crippen molar-refractivity contribution in [3.63, 3.8) is 0 Å². The first-order valence-corrected chi connectivity index (χ1v) is 8.93. The first kappa shape index (κ1) is 25.6. The third kappa shape index (κ3) is 9.00. The summed E-state index contributed by atoms with van der Waals surface area (Å²) < 4.78 is 44.2. The van der Waals surface area contributed by atoms with E-state index in [9.17, 15) is 8.78 Å². The van der Waals surface area contributed by atoms with Gasteiger partial charge >= 0.3 is 0 Å². The van der Waals surface area contributed by atoms with Gasteiger partial charge in [0.15, 0.2) is 11.5 Å². The molecule has 0 spiro atoms. The molecule has 0 aromatic carbocycles. The Kier molecular flexibility index (Phi) is 11.8. The molecule has 0 N–H and O–H groups in total. The maximum atomic E-state index is 14.6. The molecular formula is C23H32F2O3. The van der Waals surface area contributed by atoms with Gasteiger partial charge in [0.25, 0.3) is 0 Å². The molecule has 0 aliphatic carbocycles. The summed E-state index contributed by atoms with van der Waals surface area (Å²) >= 11 is 0. The molecule has 0 saturated carbocycles. The van der Waals surface area contributed by atoms with E-state index in [0.29, 0.717) is 12.2 Å². The lowest BCUT2D eigenvalue weighted by Gasteiger charge is -2.14. The van der Waals surface area contributed by atoms with Crippen molar-refractivity contribution < 1.29 is 23.0 Å². The van der Waals surface area contributed by atoms with Crippen LogP contribution in [0.2, 0.25) is 0 Å². The molecule has 0 amide bonds. The van der Waals surface area contributed by atoms with Crippen LogP contribution in [0.15, 0.2) is 84.4 Å². The Morgan fingerprint density at radius 3 is 2.07 bits per heavy atom. The van der Waals surface area contributed by atoms with Crippen molar-refractivity contribution in [1.82, 2.24) is 0 Å². The van der Waals surface area contributed by atoms with Crippen molar-refractivity contribution in [1.29, 1.82) is 0 Å². The van der Waals surface area contributed by atoms with Crippen LogP contribution in [0.5, 0.6) is 0 Å². The van der Waals surface area contributed by atoms with E-state index < -0.39 is 11.7 Å². The van der Waals surface area contributed by atoms with E-state index in [1.54, 1.807) is 14.0 Å². The van der Waals surface area contributed by atoms with Crippen molar-refractivity contribution in [3.8, 4) is 0 Å². The smallest absolute Gasteiger partial charge is 0.161 e. The Morgan fingerprint density at radius 1 is 0.964 bits per heavy atom. The van der Waals surface area contributed by atoms with Gasteiger partial charge < -0.3 is 14.2 Å². The molecule has 0 aliphatic rings. The van der Waals surface area contributed by atoms with Gasteiger partial charge in [-0.25, -0.2) is 8.78 Å². The van der Waals surface area contributed by atoms with Crippen molar-refractivity contribution in [2.75, 3.05) is 27.4 Å². The van der Waals surface area contributed by atoms with Gasteiger partial charge in [0, 0.05) is 18.6 Å². The van der Waals surface area contributed by atoms with E-state index >= 15 is 0 Å². The fourth-order valence-corrected chi connectivity index (χ4v) is 1.95. The average Bonchev–Trinajstić information content (AvgIpc) is 2.64. The van der Waals surface area contributed by atoms with Crippen molar-refractivity contribution in [2.24, 2.45) is 11.8 Å². The summed E-state index contributed by atoms with van der Waals surface area (Å²) in [6.45, 7) is 21.0. The molecule has 5 heteroatoms. The van der Waals surface area contributed by atoms with Gasteiger partial charge in [-0.2, -0.15) is 0 Å². The van der Waals surface area contributed by atoms with Crippen LogP contribution < -0.4 is 0 Å². The van der Waals surface area contributed by atoms with Gasteiger partial charge in [0.1, 0.15) is 18.3 Å². The van der Waals surface area contributed by atoms with Crippen LogP contribution in [0.1, 0.15) is 20.8 Å². The quantitative estimate of drug-likeness (QED) is 0.207. The highest BCUT2D eigenvalue weighted by Gasteiger charge is 2.14. The Balaban J connectivity index is 5.35. The molecule has 0 radical (unpaired) electrons. The minimum absolute atomic E-state index is 0.0262. The Morgan fingerprint density at radius 2 is 1.57 bits per heavy atom. The highest BCUT2D eigenvalue weighted by Crippen LogP contribution is 2.27. The standard InChI is InChI=1S/C23H32F2O3/c1-15(2)12-21(24)18(5)16(3)13-22(25)19(6)17(4)14-23(20(7)27-9)28-11-10-26-8/h12-15,18H,3-4,6-7,10-11H2,1-2,5,8-9H3/b21-12+,22-13+,23-14+. The molecule has 28 heavy (non-hydrogen) atoms. The SMILES string of the molecule is C=C(/C=C(/OCCOC)C(=C)OC)C(=C)/C(F)=C\C(=C)C(C)/C(F)=C\C(C)C. The van der Waals surface area contributed by atoms with Crippen LogP contribution in [0.3, 0.4) is 0 Å². The Hall–Kier alpha value is -2.40. The van der Waals surface area contributed by atoms with Gasteiger partial charge in [0.2, 0.25) is 0 Å². The summed E-state index contributed by atoms with van der Waals surface area (Å²) in [5.41, 5.74) is 0.582. The van der Waals surface area contributed by atoms with Crippen LogP contribution in [0, 0.1) is 11.8 Å². The number of methoxy groups -OCH3 is 2. The van der Waals surface area contributed by atoms with Gasteiger partial charge in [0.05, 0.1) is 13.7 Å². The monoisotopic (exact) mass is 394 g/mol. The normalized spacial score (nSPS) is 13.9. The molecule has 156 valence electrons. The van der Waals surface area contributed by atoms with Gasteiger partial charge in [-0.05, 0) is 35.3 Å². The number of halogens is 2. The largest absolute Gasteiger partial charge is 0.493 e. The number of allylic oxidation sites excluding steroid dienone is 8. The Labute approximate surface area is 168 Å². The number of hydrogen-bond acceptors (Lipinski definition) is 3. The fourth-order valence-electron chi connectivity index (χ4n) is 1.95. The van der Waals surface area contributed by atoms with E-state index in [1.807, 2.05) is 13.8 Å². The first-order chi connectivity index (χ1) is 13.0. The molecule has 1 unspecified atom stereocenters. The molecule has 0 fully saturated rings. The number of hydrogen-bond donors (Lipinski definition) is 0. The highest BCUT2D eigenvalue weighted by molar-refractivity contribution is 5.49. The molecule has 0 rings (SSSR count). The second-order valence-corrected chi connectivity index (χ2v) is 6.57. The predicted octanol–water partition coefficient (Wildman–Crippen LogP) is 6.36. The summed E-state index contributed by atoms with van der Waals surface area (Å²) in [6.07, 6.45) is 4.12. The van der Waals surface area contributed by atoms with Gasteiger partial charge in [-0.1, -0.05) is 47.1 Å². The summed E-state index contributed by atoms with van der Waals surface area (Å²) in [7, 11) is 2.99. The second-order valence-electron chi connectivity index (χ2n) is 6.57. The molecule has 1 atom stereocenters. The van der Waals surface area contributed by atoms with Gasteiger partial charge in [-0.15, -0.1) is 0 Å². The maximum absolute atomic E-state index is 14.6. The topological polar surface area (TPSA) is 27.7 Å². The maximum Gasteiger partial charge on any atom is 0.161 e. The van der Waals surface area contributed by atoms with Crippen LogP contribution in [0.4, 0.5) is 8.78 Å². The first-order valence-electron chi connectivity index (χ1n) is 8.93. The number of ether oxygens (including phenoxy) is 3. The molecule has 0 saturated heterocycles.